The number of methoxy groups -OCH3 is 1. The molecule has 0 bridgehead atoms. The number of esters is 1. The number of ether oxygens (including phenoxy) is 1. The van der Waals surface area contributed by atoms with Gasteiger partial charge in [-0.2, -0.15) is 0 Å². The van der Waals surface area contributed by atoms with E-state index in [-0.39, 0.29) is 28.6 Å². The van der Waals surface area contributed by atoms with Gasteiger partial charge in [-0.1, -0.05) is 15.9 Å². The molecule has 0 saturated carbocycles. The lowest BCUT2D eigenvalue weighted by atomic mass is 10.0. The van der Waals surface area contributed by atoms with Crippen molar-refractivity contribution in [3.8, 4) is 5.75 Å². The normalized spacial score (nSPS) is 10.6. The van der Waals surface area contributed by atoms with Crippen molar-refractivity contribution in [1.82, 2.24) is 4.98 Å². The molecule has 0 saturated heterocycles. The third-order valence-electron chi connectivity index (χ3n) is 2.20. The number of pyridine rings is 1. The average Bonchev–Trinajstić information content (AvgIpc) is 2.30. The molecule has 0 fully saturated rings. The quantitative estimate of drug-likeness (QED) is 0.685. The second-order valence-electron chi connectivity index (χ2n) is 3.17. The zero-order valence-electron chi connectivity index (χ0n) is 8.91. The van der Waals surface area contributed by atoms with Crippen LogP contribution >= 0.6 is 15.9 Å². The van der Waals surface area contributed by atoms with Gasteiger partial charge < -0.3 is 9.84 Å². The number of hydrogen-bond donors (Lipinski definition) is 1. The lowest BCUT2D eigenvalue weighted by Gasteiger charge is -2.12. The van der Waals surface area contributed by atoms with Gasteiger partial charge in [-0.3, -0.25) is 9.78 Å². The van der Waals surface area contributed by atoms with Crippen LogP contribution in [0.1, 0.15) is 23.2 Å². The summed E-state index contributed by atoms with van der Waals surface area (Å²) in [6.45, 7) is 0. The van der Waals surface area contributed by atoms with Crippen molar-refractivity contribution in [2.75, 3.05) is 7.11 Å². The molecule has 0 aromatic carbocycles. The summed E-state index contributed by atoms with van der Waals surface area (Å²) >= 11 is 3.04. The van der Waals surface area contributed by atoms with E-state index in [4.69, 9.17) is 0 Å². The van der Waals surface area contributed by atoms with Gasteiger partial charge in [0, 0.05) is 10.9 Å². The highest BCUT2D eigenvalue weighted by Crippen LogP contribution is 2.30. The number of halogens is 3. The summed E-state index contributed by atoms with van der Waals surface area (Å²) in [6, 6.07) is 0. The minimum Gasteiger partial charge on any atom is -0.506 e. The molecule has 1 rings (SSSR count). The van der Waals surface area contributed by atoms with E-state index >= 15 is 0 Å². The first kappa shape index (κ1) is 13.8. The Morgan fingerprint density at radius 1 is 1.59 bits per heavy atom. The van der Waals surface area contributed by atoms with Crippen molar-refractivity contribution in [3.63, 3.8) is 0 Å². The molecular formula is C10H10BrF2NO3. The van der Waals surface area contributed by atoms with Crippen molar-refractivity contribution < 1.29 is 23.4 Å². The number of rotatable bonds is 4. The van der Waals surface area contributed by atoms with Gasteiger partial charge in [0.15, 0.2) is 0 Å². The summed E-state index contributed by atoms with van der Waals surface area (Å²) < 4.78 is 29.8. The first-order valence-corrected chi connectivity index (χ1v) is 5.74. The van der Waals surface area contributed by atoms with Crippen LogP contribution in [0.5, 0.6) is 5.75 Å². The Hall–Kier alpha value is -1.24. The van der Waals surface area contributed by atoms with Crippen molar-refractivity contribution in [3.05, 3.63) is 23.0 Å². The first-order valence-electron chi connectivity index (χ1n) is 4.61. The van der Waals surface area contributed by atoms with Crippen molar-refractivity contribution in [2.24, 2.45) is 0 Å². The van der Waals surface area contributed by atoms with Gasteiger partial charge in [0.25, 0.3) is 6.43 Å². The highest BCUT2D eigenvalue weighted by molar-refractivity contribution is 9.08. The molecule has 1 heterocycles. The van der Waals surface area contributed by atoms with E-state index in [0.717, 1.165) is 6.20 Å². The van der Waals surface area contributed by atoms with Gasteiger partial charge in [-0.25, -0.2) is 8.78 Å². The van der Waals surface area contributed by atoms with E-state index in [1.165, 1.54) is 7.11 Å². The number of carbonyl (C=O) groups is 1. The maximum absolute atomic E-state index is 12.7. The zero-order valence-corrected chi connectivity index (χ0v) is 10.5. The van der Waals surface area contributed by atoms with Gasteiger partial charge in [-0.15, -0.1) is 0 Å². The molecule has 4 nitrogen and oxygen atoms in total. The summed E-state index contributed by atoms with van der Waals surface area (Å²) in [5.41, 5.74) is -0.219. The predicted octanol–water partition coefficient (Wildman–Crippen LogP) is 2.34. The molecule has 0 unspecified atom stereocenters. The van der Waals surface area contributed by atoms with E-state index in [1.807, 2.05) is 0 Å². The van der Waals surface area contributed by atoms with Crippen LogP contribution in [0.3, 0.4) is 0 Å². The minimum absolute atomic E-state index is 0.0698. The molecule has 1 aromatic heterocycles. The van der Waals surface area contributed by atoms with Crippen LogP contribution in [0.4, 0.5) is 8.78 Å². The van der Waals surface area contributed by atoms with E-state index in [1.54, 1.807) is 0 Å². The summed E-state index contributed by atoms with van der Waals surface area (Å²) in [7, 11) is 1.18. The Balaban J connectivity index is 3.25. The van der Waals surface area contributed by atoms with Crippen LogP contribution < -0.4 is 0 Å². The van der Waals surface area contributed by atoms with Gasteiger partial charge in [0.05, 0.1) is 19.7 Å². The summed E-state index contributed by atoms with van der Waals surface area (Å²) in [6.07, 6.45) is -2.13. The second-order valence-corrected chi connectivity index (χ2v) is 3.73. The highest BCUT2D eigenvalue weighted by Gasteiger charge is 2.21. The van der Waals surface area contributed by atoms with Crippen LogP contribution in [0.25, 0.3) is 0 Å². The van der Waals surface area contributed by atoms with Crippen molar-refractivity contribution >= 4 is 21.9 Å². The van der Waals surface area contributed by atoms with Crippen molar-refractivity contribution in [2.45, 2.75) is 18.2 Å². The van der Waals surface area contributed by atoms with Gasteiger partial charge in [0.2, 0.25) is 0 Å². The van der Waals surface area contributed by atoms with Gasteiger partial charge in [0.1, 0.15) is 11.4 Å². The van der Waals surface area contributed by atoms with E-state index in [0.29, 0.717) is 0 Å². The number of aromatic hydroxyl groups is 1. The zero-order chi connectivity index (χ0) is 13.0. The molecule has 1 N–H and O–H groups in total. The van der Waals surface area contributed by atoms with Crippen LogP contribution in [-0.4, -0.2) is 23.2 Å². The maximum Gasteiger partial charge on any atom is 0.310 e. The van der Waals surface area contributed by atoms with Crippen LogP contribution in [0.15, 0.2) is 6.20 Å². The fourth-order valence-electron chi connectivity index (χ4n) is 1.35. The van der Waals surface area contributed by atoms with Gasteiger partial charge in [-0.05, 0) is 5.56 Å². The molecule has 1 aromatic rings. The largest absolute Gasteiger partial charge is 0.506 e. The summed E-state index contributed by atoms with van der Waals surface area (Å²) in [5, 5.41) is 9.61. The van der Waals surface area contributed by atoms with Crippen LogP contribution in [-0.2, 0) is 21.3 Å². The van der Waals surface area contributed by atoms with Crippen molar-refractivity contribution in [1.29, 1.82) is 0 Å². The topological polar surface area (TPSA) is 59.4 Å². The third-order valence-corrected chi connectivity index (χ3v) is 2.76. The maximum atomic E-state index is 12.7. The molecule has 0 aliphatic carbocycles. The molecule has 0 amide bonds. The lowest BCUT2D eigenvalue weighted by molar-refractivity contribution is -0.139. The van der Waals surface area contributed by atoms with Crippen LogP contribution in [0.2, 0.25) is 0 Å². The Kier molecular flexibility index (Phi) is 4.80. The minimum atomic E-state index is -2.76. The predicted molar refractivity (Wildman–Crippen MR) is 59.2 cm³/mol. The summed E-state index contributed by atoms with van der Waals surface area (Å²) in [4.78, 5) is 14.6. The highest BCUT2D eigenvalue weighted by atomic mass is 79.9. The number of nitrogens with zero attached hydrogens (tertiary/aromatic N) is 1. The number of carbonyl (C=O) groups excluding carboxylic acids is 1. The fourth-order valence-corrected chi connectivity index (χ4v) is 1.97. The number of aromatic nitrogens is 1. The average molecular weight is 310 g/mol. The Bertz CT molecular complexity index is 426. The van der Waals surface area contributed by atoms with Crippen LogP contribution in [0, 0.1) is 0 Å². The van der Waals surface area contributed by atoms with Gasteiger partial charge >= 0.3 is 5.97 Å². The lowest BCUT2D eigenvalue weighted by Crippen LogP contribution is -2.09. The Morgan fingerprint density at radius 3 is 2.71 bits per heavy atom. The molecular weight excluding hydrogens is 300 g/mol. The molecule has 0 radical (unpaired) electrons. The van der Waals surface area contributed by atoms with E-state index in [9.17, 15) is 18.7 Å². The molecule has 0 spiro atoms. The molecule has 7 heteroatoms. The molecule has 0 aliphatic heterocycles. The number of alkyl halides is 3. The standard InChI is InChI=1S/C10H10BrF2NO3/c1-17-8(16)2-5-6(3-11)9(10(12)13)14-4-7(5)15/h4,10,15H,2-3H2,1H3. The third kappa shape index (κ3) is 3.12. The molecule has 17 heavy (non-hydrogen) atoms. The SMILES string of the molecule is COC(=O)Cc1c(O)cnc(C(F)F)c1CBr. The molecule has 94 valence electrons. The summed E-state index contributed by atoms with van der Waals surface area (Å²) in [5.74, 6) is -0.914. The van der Waals surface area contributed by atoms with E-state index in [2.05, 4.69) is 25.7 Å². The Labute approximate surface area is 105 Å². The number of hydrogen-bond acceptors (Lipinski definition) is 4. The molecule has 0 atom stereocenters. The second kappa shape index (κ2) is 5.90. The Morgan fingerprint density at radius 2 is 2.24 bits per heavy atom. The van der Waals surface area contributed by atoms with E-state index < -0.39 is 18.1 Å². The first-order chi connectivity index (χ1) is 8.01. The monoisotopic (exact) mass is 309 g/mol. The smallest absolute Gasteiger partial charge is 0.310 e. The fraction of sp³-hybridized carbons (Fsp3) is 0.400. The molecule has 0 aliphatic rings.